The average Bonchev–Trinajstić information content (AvgIpc) is 2.04. The molecule has 0 bridgehead atoms. The van der Waals surface area contributed by atoms with Crippen LogP contribution < -0.4 is 5.73 Å². The van der Waals surface area contributed by atoms with Gasteiger partial charge in [-0.2, -0.15) is 0 Å². The summed E-state index contributed by atoms with van der Waals surface area (Å²) < 4.78 is 0. The van der Waals surface area contributed by atoms with Gasteiger partial charge in [0.05, 0.1) is 12.5 Å². The van der Waals surface area contributed by atoms with Crippen LogP contribution in [0.2, 0.25) is 0 Å². The topological polar surface area (TPSA) is 71.0 Å². The van der Waals surface area contributed by atoms with E-state index >= 15 is 0 Å². The molecule has 62 valence electrons. The van der Waals surface area contributed by atoms with E-state index in [0.717, 1.165) is 0 Å². The van der Waals surface area contributed by atoms with E-state index < -0.39 is 0 Å². The molecule has 1 aliphatic rings. The smallest absolute Gasteiger partial charge is 0.187 e. The molecule has 2 atom stereocenters. The van der Waals surface area contributed by atoms with Crippen molar-refractivity contribution in [2.75, 3.05) is 12.9 Å². The van der Waals surface area contributed by atoms with Gasteiger partial charge in [0.2, 0.25) is 0 Å². The molecule has 0 aromatic rings. The van der Waals surface area contributed by atoms with Crippen molar-refractivity contribution in [1.29, 1.82) is 0 Å². The molecule has 0 aromatic heterocycles. The number of aliphatic imine (C=N–C) groups is 2. The van der Waals surface area contributed by atoms with Crippen molar-refractivity contribution in [2.45, 2.75) is 5.50 Å². The third-order valence-corrected chi connectivity index (χ3v) is 2.09. The monoisotopic (exact) mass is 173 g/mol. The fourth-order valence-electron chi connectivity index (χ4n) is 0.765. The van der Waals surface area contributed by atoms with Gasteiger partial charge in [0.15, 0.2) is 5.50 Å². The summed E-state index contributed by atoms with van der Waals surface area (Å²) in [4.78, 5) is 8.11. The van der Waals surface area contributed by atoms with Crippen molar-refractivity contribution in [3.05, 3.63) is 0 Å². The van der Waals surface area contributed by atoms with Crippen LogP contribution in [0.25, 0.3) is 0 Å². The number of rotatable bonds is 2. The summed E-state index contributed by atoms with van der Waals surface area (Å²) in [5, 5.41) is 8.76. The first-order valence-corrected chi connectivity index (χ1v) is 4.57. The van der Waals surface area contributed by atoms with E-state index in [-0.39, 0.29) is 18.0 Å². The van der Waals surface area contributed by atoms with Crippen molar-refractivity contribution in [1.82, 2.24) is 0 Å². The van der Waals surface area contributed by atoms with Gasteiger partial charge in [-0.25, -0.2) is 4.99 Å². The van der Waals surface area contributed by atoms with Crippen LogP contribution >= 0.6 is 11.8 Å². The molecule has 0 saturated carbocycles. The van der Waals surface area contributed by atoms with Crippen LogP contribution in [0.4, 0.5) is 0 Å². The summed E-state index contributed by atoms with van der Waals surface area (Å²) in [5.41, 5.74) is 5.43. The lowest BCUT2D eigenvalue weighted by atomic mass is 10.1. The summed E-state index contributed by atoms with van der Waals surface area (Å²) in [5.74, 6) is 0.292. The van der Waals surface area contributed by atoms with E-state index in [9.17, 15) is 0 Å². The summed E-state index contributed by atoms with van der Waals surface area (Å²) in [6.45, 7) is -0.0140. The van der Waals surface area contributed by atoms with Crippen molar-refractivity contribution in [2.24, 2.45) is 21.6 Å². The second-order valence-electron chi connectivity index (χ2n) is 2.20. The molecule has 4 nitrogen and oxygen atoms in total. The Balaban J connectivity index is 2.63. The van der Waals surface area contributed by atoms with Gasteiger partial charge in [-0.1, -0.05) is 0 Å². The molecule has 0 radical (unpaired) electrons. The Labute approximate surface area is 69.6 Å². The van der Waals surface area contributed by atoms with Gasteiger partial charge in [0.25, 0.3) is 0 Å². The van der Waals surface area contributed by atoms with Crippen molar-refractivity contribution < 1.29 is 5.11 Å². The zero-order chi connectivity index (χ0) is 8.27. The predicted molar refractivity (Wildman–Crippen MR) is 48.0 cm³/mol. The first kappa shape index (κ1) is 8.55. The molecule has 2 unspecified atom stereocenters. The summed E-state index contributed by atoms with van der Waals surface area (Å²) in [7, 11) is 0. The highest BCUT2D eigenvalue weighted by molar-refractivity contribution is 7.99. The average molecular weight is 173 g/mol. The van der Waals surface area contributed by atoms with Crippen LogP contribution in [0.5, 0.6) is 0 Å². The highest BCUT2D eigenvalue weighted by Crippen LogP contribution is 2.14. The Hall–Kier alpha value is -0.550. The lowest BCUT2D eigenvalue weighted by Gasteiger charge is -2.16. The molecule has 1 aliphatic heterocycles. The predicted octanol–water partition coefficient (Wildman–Crippen LogP) is -0.317. The third kappa shape index (κ3) is 1.94. The van der Waals surface area contributed by atoms with Gasteiger partial charge in [-0.05, 0) is 6.26 Å². The normalized spacial score (nSPS) is 30.2. The number of nitrogens with zero attached hydrogens (tertiary/aromatic N) is 2. The van der Waals surface area contributed by atoms with Crippen molar-refractivity contribution >= 4 is 23.8 Å². The fourth-order valence-corrected chi connectivity index (χ4v) is 1.18. The van der Waals surface area contributed by atoms with E-state index in [1.165, 1.54) is 11.8 Å². The molecule has 0 amide bonds. The van der Waals surface area contributed by atoms with Gasteiger partial charge >= 0.3 is 0 Å². The van der Waals surface area contributed by atoms with Gasteiger partial charge in [0.1, 0.15) is 5.84 Å². The van der Waals surface area contributed by atoms with E-state index in [2.05, 4.69) is 9.98 Å². The van der Waals surface area contributed by atoms with E-state index in [1.54, 1.807) is 6.21 Å². The third-order valence-electron chi connectivity index (χ3n) is 1.44. The van der Waals surface area contributed by atoms with E-state index in [0.29, 0.717) is 5.84 Å². The highest BCUT2D eigenvalue weighted by Gasteiger charge is 2.16. The first-order chi connectivity index (χ1) is 5.27. The van der Waals surface area contributed by atoms with Gasteiger partial charge in [-0.15, -0.1) is 11.8 Å². The molecule has 1 heterocycles. The van der Waals surface area contributed by atoms with Crippen LogP contribution in [0.1, 0.15) is 0 Å². The quantitative estimate of drug-likeness (QED) is 0.601. The van der Waals surface area contributed by atoms with Crippen molar-refractivity contribution in [3.63, 3.8) is 0 Å². The van der Waals surface area contributed by atoms with Crippen LogP contribution in [-0.2, 0) is 0 Å². The Morgan fingerprint density at radius 1 is 1.82 bits per heavy atom. The van der Waals surface area contributed by atoms with E-state index in [4.69, 9.17) is 10.8 Å². The van der Waals surface area contributed by atoms with Crippen molar-refractivity contribution in [3.8, 4) is 0 Å². The number of nitrogens with two attached hydrogens (primary N) is 1. The molecule has 0 saturated heterocycles. The SMILES string of the molecule is CSC1N=CC(CO)C(N)=N1. The Morgan fingerprint density at radius 2 is 2.55 bits per heavy atom. The minimum atomic E-state index is -0.182. The molecule has 1 rings (SSSR count). The minimum absolute atomic E-state index is 0.0140. The van der Waals surface area contributed by atoms with Crippen LogP contribution in [-0.4, -0.2) is 35.5 Å². The number of aliphatic hydroxyl groups is 1. The number of amidine groups is 1. The zero-order valence-corrected chi connectivity index (χ0v) is 7.08. The molecule has 0 fully saturated rings. The zero-order valence-electron chi connectivity index (χ0n) is 6.27. The molecule has 11 heavy (non-hydrogen) atoms. The summed E-state index contributed by atoms with van der Waals surface area (Å²) in [6, 6.07) is 0. The molecule has 0 aromatic carbocycles. The highest BCUT2D eigenvalue weighted by atomic mass is 32.2. The maximum absolute atomic E-state index is 8.76. The Kier molecular flexibility index (Phi) is 2.90. The molecule has 5 heteroatoms. The number of aliphatic hydroxyl groups excluding tert-OH is 1. The largest absolute Gasteiger partial charge is 0.395 e. The number of thioether (sulfide) groups is 1. The number of hydrogen-bond donors (Lipinski definition) is 2. The maximum Gasteiger partial charge on any atom is 0.187 e. The van der Waals surface area contributed by atoms with Crippen LogP contribution in [0.3, 0.4) is 0 Å². The molecule has 3 N–H and O–H groups in total. The minimum Gasteiger partial charge on any atom is -0.395 e. The van der Waals surface area contributed by atoms with Crippen LogP contribution in [0.15, 0.2) is 9.98 Å². The number of hydrogen-bond acceptors (Lipinski definition) is 5. The van der Waals surface area contributed by atoms with Gasteiger partial charge < -0.3 is 10.8 Å². The summed E-state index contributed by atoms with van der Waals surface area (Å²) >= 11 is 1.51. The van der Waals surface area contributed by atoms with Crippen LogP contribution in [0, 0.1) is 5.92 Å². The summed E-state index contributed by atoms with van der Waals surface area (Å²) in [6.07, 6.45) is 3.57. The molecular weight excluding hydrogens is 162 g/mol. The second kappa shape index (κ2) is 3.73. The molecule has 0 aliphatic carbocycles. The Morgan fingerprint density at radius 3 is 3.00 bits per heavy atom. The lowest BCUT2D eigenvalue weighted by Crippen LogP contribution is -2.32. The fraction of sp³-hybridized carbons (Fsp3) is 0.667. The lowest BCUT2D eigenvalue weighted by molar-refractivity contribution is 0.287. The van der Waals surface area contributed by atoms with E-state index in [1.807, 2.05) is 6.26 Å². The van der Waals surface area contributed by atoms with Gasteiger partial charge in [-0.3, -0.25) is 4.99 Å². The maximum atomic E-state index is 8.76. The van der Waals surface area contributed by atoms with Gasteiger partial charge in [0, 0.05) is 6.21 Å². The first-order valence-electron chi connectivity index (χ1n) is 3.28. The molecular formula is C6H11N3OS. The molecule has 0 spiro atoms. The Bertz CT molecular complexity index is 192. The standard InChI is InChI=1S/C6H11N3OS/c1-11-6-8-2-4(3-10)5(7)9-6/h2,4,6,10H,3H2,1H3,(H2,7,9). The second-order valence-corrected chi connectivity index (χ2v) is 3.10.